The number of amides is 1. The van der Waals surface area contributed by atoms with Gasteiger partial charge in [-0.05, 0) is 18.6 Å². The predicted molar refractivity (Wildman–Crippen MR) is 112 cm³/mol. The minimum atomic E-state index is -1.00. The van der Waals surface area contributed by atoms with Crippen LogP contribution in [0.5, 0.6) is 11.5 Å². The molecule has 31 heavy (non-hydrogen) atoms. The van der Waals surface area contributed by atoms with Gasteiger partial charge in [-0.2, -0.15) is 0 Å². The van der Waals surface area contributed by atoms with Gasteiger partial charge in [0.25, 0.3) is 11.7 Å². The first-order valence-corrected chi connectivity index (χ1v) is 9.66. The number of carboxylic acids is 1. The quantitative estimate of drug-likeness (QED) is 0.380. The van der Waals surface area contributed by atoms with Gasteiger partial charge in [-0.25, -0.2) is 0 Å². The second kappa shape index (κ2) is 9.34. The summed E-state index contributed by atoms with van der Waals surface area (Å²) in [7, 11) is 2.95. The summed E-state index contributed by atoms with van der Waals surface area (Å²) < 4.78 is 10.7. The van der Waals surface area contributed by atoms with Crippen LogP contribution in [0.15, 0.2) is 54.1 Å². The summed E-state index contributed by atoms with van der Waals surface area (Å²) in [6.07, 6.45) is -0.00312. The number of aliphatic hydroxyl groups excluding tert-OH is 1. The molecule has 3 rings (SSSR count). The number of benzene rings is 2. The van der Waals surface area contributed by atoms with Crippen LogP contribution in [0.25, 0.3) is 5.76 Å². The monoisotopic (exact) mass is 425 g/mol. The van der Waals surface area contributed by atoms with Crippen LogP contribution in [-0.2, 0) is 14.4 Å². The average Bonchev–Trinajstić information content (AvgIpc) is 3.03. The maximum atomic E-state index is 12.9. The van der Waals surface area contributed by atoms with Crippen molar-refractivity contribution in [2.75, 3.05) is 20.8 Å². The summed E-state index contributed by atoms with van der Waals surface area (Å²) in [5.41, 5.74) is 0.800. The van der Waals surface area contributed by atoms with Crippen molar-refractivity contribution in [3.8, 4) is 11.5 Å². The van der Waals surface area contributed by atoms with Crippen LogP contribution >= 0.6 is 0 Å². The van der Waals surface area contributed by atoms with Crippen LogP contribution in [0.3, 0.4) is 0 Å². The van der Waals surface area contributed by atoms with Gasteiger partial charge in [0.1, 0.15) is 17.3 Å². The van der Waals surface area contributed by atoms with Crippen molar-refractivity contribution in [1.82, 2.24) is 4.90 Å². The van der Waals surface area contributed by atoms with Crippen molar-refractivity contribution in [1.29, 1.82) is 0 Å². The van der Waals surface area contributed by atoms with E-state index in [2.05, 4.69) is 0 Å². The highest BCUT2D eigenvalue weighted by Gasteiger charge is 2.46. The van der Waals surface area contributed by atoms with Crippen molar-refractivity contribution in [3.05, 3.63) is 65.2 Å². The number of carbonyl (C=O) groups is 3. The number of likely N-dealkylation sites (tertiary alicyclic amines) is 1. The number of Topliss-reactive ketones (excluding diaryl/α,β-unsaturated/α-hetero) is 1. The Kier molecular flexibility index (Phi) is 6.59. The largest absolute Gasteiger partial charge is 0.507 e. The molecule has 8 nitrogen and oxygen atoms in total. The van der Waals surface area contributed by atoms with E-state index in [1.54, 1.807) is 48.5 Å². The van der Waals surface area contributed by atoms with E-state index in [4.69, 9.17) is 14.6 Å². The molecule has 0 radical (unpaired) electrons. The van der Waals surface area contributed by atoms with Crippen molar-refractivity contribution in [3.63, 3.8) is 0 Å². The first-order valence-electron chi connectivity index (χ1n) is 9.66. The fourth-order valence-corrected chi connectivity index (χ4v) is 3.63. The molecule has 1 aliphatic heterocycles. The van der Waals surface area contributed by atoms with Crippen LogP contribution in [-0.4, -0.2) is 53.5 Å². The normalized spacial score (nSPS) is 17.6. The number of aliphatic hydroxyl groups is 1. The third-order valence-corrected chi connectivity index (χ3v) is 5.11. The predicted octanol–water partition coefficient (Wildman–Crippen LogP) is 2.99. The summed E-state index contributed by atoms with van der Waals surface area (Å²) in [6, 6.07) is 12.5. The molecule has 0 aromatic heterocycles. The summed E-state index contributed by atoms with van der Waals surface area (Å²) in [5.74, 6) is -2.05. The van der Waals surface area contributed by atoms with E-state index in [1.807, 2.05) is 0 Å². The first-order chi connectivity index (χ1) is 14.9. The Bertz CT molecular complexity index is 1030. The van der Waals surface area contributed by atoms with E-state index in [0.29, 0.717) is 22.6 Å². The van der Waals surface area contributed by atoms with E-state index in [9.17, 15) is 19.5 Å². The molecule has 1 amide bonds. The Morgan fingerprint density at radius 1 is 1.03 bits per heavy atom. The van der Waals surface area contributed by atoms with Crippen LogP contribution in [0.2, 0.25) is 0 Å². The number of aliphatic carboxylic acids is 1. The summed E-state index contributed by atoms with van der Waals surface area (Å²) in [5, 5.41) is 19.9. The van der Waals surface area contributed by atoms with Crippen LogP contribution in [0.4, 0.5) is 0 Å². The fraction of sp³-hybridized carbons (Fsp3) is 0.261. The highest BCUT2D eigenvalue weighted by molar-refractivity contribution is 6.46. The SMILES string of the molecule is COc1ccc([C@@H]2C(=C(O)c3ccccc3)C(=O)C(=O)N2CCCC(=O)O)c(OC)c1. The second-order valence-corrected chi connectivity index (χ2v) is 6.96. The standard InChI is InChI=1S/C23H23NO7/c1-30-15-10-11-16(17(13-15)31-2)20-19(21(27)14-7-4-3-5-8-14)22(28)23(29)24(20)12-6-9-18(25)26/h3-5,7-8,10-11,13,20,27H,6,9,12H2,1-2H3,(H,25,26)/t20-/m1/s1. The molecule has 0 saturated carbocycles. The zero-order chi connectivity index (χ0) is 22.5. The van der Waals surface area contributed by atoms with Gasteiger partial charge in [0.05, 0.1) is 25.8 Å². The van der Waals surface area contributed by atoms with E-state index in [0.717, 1.165) is 0 Å². The Morgan fingerprint density at radius 2 is 1.74 bits per heavy atom. The average molecular weight is 425 g/mol. The number of ether oxygens (including phenoxy) is 2. The Balaban J connectivity index is 2.16. The number of hydrogen-bond acceptors (Lipinski definition) is 6. The lowest BCUT2D eigenvalue weighted by Crippen LogP contribution is -2.31. The van der Waals surface area contributed by atoms with E-state index >= 15 is 0 Å². The van der Waals surface area contributed by atoms with E-state index in [1.165, 1.54) is 19.1 Å². The number of methoxy groups -OCH3 is 2. The van der Waals surface area contributed by atoms with Crippen molar-refractivity contribution >= 4 is 23.4 Å². The minimum absolute atomic E-state index is 0.0301. The molecule has 2 aromatic rings. The van der Waals surface area contributed by atoms with Gasteiger partial charge in [-0.15, -0.1) is 0 Å². The molecule has 0 aliphatic carbocycles. The molecule has 2 aromatic carbocycles. The third kappa shape index (κ3) is 4.37. The molecule has 1 saturated heterocycles. The maximum absolute atomic E-state index is 12.9. The molecule has 0 spiro atoms. The van der Waals surface area contributed by atoms with Crippen LogP contribution in [0, 0.1) is 0 Å². The first kappa shape index (κ1) is 21.9. The smallest absolute Gasteiger partial charge is 0.303 e. The van der Waals surface area contributed by atoms with E-state index < -0.39 is 23.7 Å². The Hall–Kier alpha value is -3.81. The number of carbonyl (C=O) groups excluding carboxylic acids is 2. The molecular formula is C23H23NO7. The zero-order valence-corrected chi connectivity index (χ0v) is 17.2. The van der Waals surface area contributed by atoms with Crippen LogP contribution < -0.4 is 9.47 Å². The lowest BCUT2D eigenvalue weighted by molar-refractivity contribution is -0.140. The summed E-state index contributed by atoms with van der Waals surface area (Å²) >= 11 is 0. The van der Waals surface area contributed by atoms with Gasteiger partial charge in [0.2, 0.25) is 0 Å². The molecule has 162 valence electrons. The van der Waals surface area contributed by atoms with Gasteiger partial charge in [0, 0.05) is 30.2 Å². The van der Waals surface area contributed by atoms with Crippen LogP contribution in [0.1, 0.15) is 30.0 Å². The fourth-order valence-electron chi connectivity index (χ4n) is 3.63. The summed E-state index contributed by atoms with van der Waals surface area (Å²) in [4.78, 5) is 38.0. The minimum Gasteiger partial charge on any atom is -0.507 e. The topological polar surface area (TPSA) is 113 Å². The third-order valence-electron chi connectivity index (χ3n) is 5.11. The number of nitrogens with zero attached hydrogens (tertiary/aromatic N) is 1. The number of carboxylic acid groups (broad SMARTS) is 1. The van der Waals surface area contributed by atoms with Crippen molar-refractivity contribution < 1.29 is 34.1 Å². The molecule has 0 bridgehead atoms. The van der Waals surface area contributed by atoms with Gasteiger partial charge in [-0.3, -0.25) is 14.4 Å². The number of hydrogen-bond donors (Lipinski definition) is 2. The number of ketones is 1. The highest BCUT2D eigenvalue weighted by Crippen LogP contribution is 2.43. The molecule has 1 heterocycles. The Morgan fingerprint density at radius 3 is 2.35 bits per heavy atom. The molecule has 1 aliphatic rings. The van der Waals surface area contributed by atoms with Crippen molar-refractivity contribution in [2.24, 2.45) is 0 Å². The van der Waals surface area contributed by atoms with Gasteiger partial charge >= 0.3 is 5.97 Å². The highest BCUT2D eigenvalue weighted by atomic mass is 16.5. The molecule has 2 N–H and O–H groups in total. The molecular weight excluding hydrogens is 402 g/mol. The molecule has 1 fully saturated rings. The number of rotatable bonds is 8. The maximum Gasteiger partial charge on any atom is 0.303 e. The summed E-state index contributed by atoms with van der Waals surface area (Å²) in [6.45, 7) is 0.0301. The van der Waals surface area contributed by atoms with Gasteiger partial charge in [0.15, 0.2) is 0 Å². The van der Waals surface area contributed by atoms with Gasteiger partial charge in [-0.1, -0.05) is 30.3 Å². The molecule has 0 unspecified atom stereocenters. The lowest BCUT2D eigenvalue weighted by Gasteiger charge is -2.26. The lowest BCUT2D eigenvalue weighted by atomic mass is 9.94. The molecule has 1 atom stereocenters. The van der Waals surface area contributed by atoms with Crippen molar-refractivity contribution in [2.45, 2.75) is 18.9 Å². The Labute approximate surface area is 179 Å². The molecule has 8 heteroatoms. The van der Waals surface area contributed by atoms with E-state index in [-0.39, 0.29) is 30.7 Å². The zero-order valence-electron chi connectivity index (χ0n) is 17.2. The second-order valence-electron chi connectivity index (χ2n) is 6.96. The van der Waals surface area contributed by atoms with Gasteiger partial charge < -0.3 is 24.6 Å².